The molecule has 3 rings (SSSR count). The van der Waals surface area contributed by atoms with Crippen LogP contribution in [0.5, 0.6) is 0 Å². The molecule has 1 aromatic rings. The first-order valence-corrected chi connectivity index (χ1v) is 8.67. The van der Waals surface area contributed by atoms with Crippen molar-refractivity contribution in [3.63, 3.8) is 0 Å². The van der Waals surface area contributed by atoms with Crippen LogP contribution in [0.1, 0.15) is 42.2 Å². The highest BCUT2D eigenvalue weighted by Crippen LogP contribution is 2.22. The largest absolute Gasteiger partial charge is 0.381 e. The number of aromatic nitrogens is 2. The summed E-state index contributed by atoms with van der Waals surface area (Å²) in [6, 6.07) is 0. The van der Waals surface area contributed by atoms with Gasteiger partial charge in [0.25, 0.3) is 5.91 Å². The fraction of sp³-hybridized carbons (Fsp3) is 0.765. The summed E-state index contributed by atoms with van der Waals surface area (Å²) in [6.45, 7) is 6.09. The van der Waals surface area contributed by atoms with Gasteiger partial charge in [-0.15, -0.1) is 0 Å². The molecule has 0 aromatic carbocycles. The first-order chi connectivity index (χ1) is 11.5. The van der Waals surface area contributed by atoms with Crippen LogP contribution in [0.15, 0.2) is 6.20 Å². The van der Waals surface area contributed by atoms with E-state index in [1.165, 1.54) is 0 Å². The van der Waals surface area contributed by atoms with Crippen LogP contribution in [0.25, 0.3) is 0 Å². The van der Waals surface area contributed by atoms with Gasteiger partial charge >= 0.3 is 0 Å². The number of hydrogen-bond donors (Lipinski definition) is 1. The smallest absolute Gasteiger partial charge is 0.272 e. The number of carbonyl (C=O) groups is 1. The first-order valence-electron chi connectivity index (χ1n) is 8.67. The van der Waals surface area contributed by atoms with E-state index in [9.17, 15) is 4.79 Å². The van der Waals surface area contributed by atoms with Gasteiger partial charge in [0.05, 0.1) is 6.10 Å². The minimum absolute atomic E-state index is 0.0857. The van der Waals surface area contributed by atoms with E-state index in [1.807, 2.05) is 13.2 Å². The van der Waals surface area contributed by atoms with E-state index in [-0.39, 0.29) is 11.4 Å². The Morgan fingerprint density at radius 3 is 2.92 bits per heavy atom. The SMILES string of the molecule is COC1CCN(Cc2cn(C)nc2C(=O)NC2(C)CCOCC2)C1. The molecular formula is C17H28N4O3. The Morgan fingerprint density at radius 2 is 2.25 bits per heavy atom. The quantitative estimate of drug-likeness (QED) is 0.867. The zero-order chi connectivity index (χ0) is 17.2. The molecule has 134 valence electrons. The molecule has 2 aliphatic heterocycles. The van der Waals surface area contributed by atoms with E-state index in [1.54, 1.807) is 11.8 Å². The number of methoxy groups -OCH3 is 1. The van der Waals surface area contributed by atoms with Gasteiger partial charge in [-0.1, -0.05) is 0 Å². The monoisotopic (exact) mass is 336 g/mol. The van der Waals surface area contributed by atoms with Crippen molar-refractivity contribution in [3.05, 3.63) is 17.5 Å². The lowest BCUT2D eigenvalue weighted by Crippen LogP contribution is -2.49. The van der Waals surface area contributed by atoms with E-state index in [0.29, 0.717) is 25.0 Å². The van der Waals surface area contributed by atoms with Crippen LogP contribution >= 0.6 is 0 Å². The second-order valence-electron chi connectivity index (χ2n) is 7.19. The Hall–Kier alpha value is -1.44. The molecule has 2 aliphatic rings. The molecule has 0 aliphatic carbocycles. The minimum Gasteiger partial charge on any atom is -0.381 e. The Labute approximate surface area is 143 Å². The number of rotatable bonds is 5. The fourth-order valence-electron chi connectivity index (χ4n) is 3.50. The van der Waals surface area contributed by atoms with Crippen LogP contribution in [0, 0.1) is 0 Å². The summed E-state index contributed by atoms with van der Waals surface area (Å²) >= 11 is 0. The van der Waals surface area contributed by atoms with Gasteiger partial charge in [-0.2, -0.15) is 5.10 Å². The third-order valence-corrected chi connectivity index (χ3v) is 5.09. The molecule has 0 spiro atoms. The number of hydrogen-bond acceptors (Lipinski definition) is 5. The first kappa shape index (κ1) is 17.4. The van der Waals surface area contributed by atoms with Crippen molar-refractivity contribution < 1.29 is 14.3 Å². The van der Waals surface area contributed by atoms with E-state index in [0.717, 1.165) is 44.5 Å². The normalized spacial score (nSPS) is 24.2. The van der Waals surface area contributed by atoms with Crippen LogP contribution in [-0.2, 0) is 23.1 Å². The van der Waals surface area contributed by atoms with Crippen LogP contribution in [0.4, 0.5) is 0 Å². The van der Waals surface area contributed by atoms with Gasteiger partial charge in [0.15, 0.2) is 5.69 Å². The van der Waals surface area contributed by atoms with Gasteiger partial charge in [0.1, 0.15) is 0 Å². The second-order valence-corrected chi connectivity index (χ2v) is 7.19. The van der Waals surface area contributed by atoms with Gasteiger partial charge in [0, 0.05) is 64.3 Å². The highest BCUT2D eigenvalue weighted by Gasteiger charge is 2.31. The molecule has 7 heteroatoms. The summed E-state index contributed by atoms with van der Waals surface area (Å²) in [6.07, 6.45) is 4.95. The van der Waals surface area contributed by atoms with Crippen molar-refractivity contribution in [2.75, 3.05) is 33.4 Å². The molecule has 0 saturated carbocycles. The fourth-order valence-corrected chi connectivity index (χ4v) is 3.50. The number of ether oxygens (including phenoxy) is 2. The van der Waals surface area contributed by atoms with Crippen molar-refractivity contribution >= 4 is 5.91 Å². The summed E-state index contributed by atoms with van der Waals surface area (Å²) < 4.78 is 12.5. The van der Waals surface area contributed by atoms with Crippen LogP contribution in [0.2, 0.25) is 0 Å². The molecule has 1 amide bonds. The average Bonchev–Trinajstić information content (AvgIpc) is 3.14. The average molecular weight is 336 g/mol. The summed E-state index contributed by atoms with van der Waals surface area (Å²) in [4.78, 5) is 15.1. The van der Waals surface area contributed by atoms with Gasteiger partial charge in [-0.05, 0) is 26.2 Å². The molecule has 2 saturated heterocycles. The Balaban J connectivity index is 1.68. The molecule has 0 radical (unpaired) electrons. The topological polar surface area (TPSA) is 68.6 Å². The van der Waals surface area contributed by atoms with Crippen molar-refractivity contribution in [3.8, 4) is 0 Å². The van der Waals surface area contributed by atoms with Gasteiger partial charge in [-0.3, -0.25) is 14.4 Å². The third kappa shape index (κ3) is 3.96. The number of aryl methyl sites for hydroxylation is 1. The lowest BCUT2D eigenvalue weighted by molar-refractivity contribution is 0.0420. The maximum atomic E-state index is 12.8. The molecular weight excluding hydrogens is 308 g/mol. The minimum atomic E-state index is -0.209. The number of nitrogens with zero attached hydrogens (tertiary/aromatic N) is 3. The highest BCUT2D eigenvalue weighted by atomic mass is 16.5. The zero-order valence-corrected chi connectivity index (χ0v) is 14.9. The van der Waals surface area contributed by atoms with E-state index >= 15 is 0 Å². The molecule has 1 unspecified atom stereocenters. The number of nitrogens with one attached hydrogen (secondary N) is 1. The molecule has 2 fully saturated rings. The molecule has 1 atom stereocenters. The van der Waals surface area contributed by atoms with Gasteiger partial charge < -0.3 is 14.8 Å². The summed E-state index contributed by atoms with van der Waals surface area (Å²) in [7, 11) is 3.62. The predicted octanol–water partition coefficient (Wildman–Crippen LogP) is 0.940. The van der Waals surface area contributed by atoms with Crippen LogP contribution in [0.3, 0.4) is 0 Å². The van der Waals surface area contributed by atoms with E-state index in [4.69, 9.17) is 9.47 Å². The van der Waals surface area contributed by atoms with Gasteiger partial charge in [-0.25, -0.2) is 0 Å². The molecule has 0 bridgehead atoms. The third-order valence-electron chi connectivity index (χ3n) is 5.09. The van der Waals surface area contributed by atoms with Gasteiger partial charge in [0.2, 0.25) is 0 Å². The second kappa shape index (κ2) is 7.21. The van der Waals surface area contributed by atoms with Crippen LogP contribution in [-0.4, -0.2) is 65.6 Å². The number of likely N-dealkylation sites (tertiary alicyclic amines) is 1. The van der Waals surface area contributed by atoms with E-state index in [2.05, 4.69) is 22.2 Å². The van der Waals surface area contributed by atoms with E-state index < -0.39 is 0 Å². The highest BCUT2D eigenvalue weighted by molar-refractivity contribution is 5.94. The molecule has 24 heavy (non-hydrogen) atoms. The lowest BCUT2D eigenvalue weighted by Gasteiger charge is -2.34. The predicted molar refractivity (Wildman–Crippen MR) is 89.8 cm³/mol. The maximum absolute atomic E-state index is 12.8. The van der Waals surface area contributed by atoms with Crippen LogP contribution < -0.4 is 5.32 Å². The Bertz CT molecular complexity index is 580. The lowest BCUT2D eigenvalue weighted by atomic mass is 9.92. The van der Waals surface area contributed by atoms with Crippen molar-refractivity contribution in [1.29, 1.82) is 0 Å². The number of carbonyl (C=O) groups excluding carboxylic acids is 1. The van der Waals surface area contributed by atoms with Crippen molar-refractivity contribution in [2.45, 2.75) is 44.4 Å². The Morgan fingerprint density at radius 1 is 1.50 bits per heavy atom. The maximum Gasteiger partial charge on any atom is 0.272 e. The molecule has 7 nitrogen and oxygen atoms in total. The molecule has 1 N–H and O–H groups in total. The summed E-state index contributed by atoms with van der Waals surface area (Å²) in [5, 5.41) is 7.58. The zero-order valence-electron chi connectivity index (χ0n) is 14.9. The standard InChI is InChI=1S/C17H28N4O3/c1-17(5-8-24-9-6-17)18-16(22)15-13(10-20(2)19-15)11-21-7-4-14(12-21)23-3/h10,14H,4-9,11-12H2,1-3H3,(H,18,22). The molecule has 3 heterocycles. The van der Waals surface area contributed by atoms with Crippen molar-refractivity contribution in [1.82, 2.24) is 20.0 Å². The molecule has 1 aromatic heterocycles. The van der Waals surface area contributed by atoms with Crippen molar-refractivity contribution in [2.24, 2.45) is 7.05 Å². The Kier molecular flexibility index (Phi) is 5.22. The summed E-state index contributed by atoms with van der Waals surface area (Å²) in [5.41, 5.74) is 1.30. The number of amides is 1. The summed E-state index contributed by atoms with van der Waals surface area (Å²) in [5.74, 6) is -0.0857.